The van der Waals surface area contributed by atoms with Gasteiger partial charge in [0.1, 0.15) is 0 Å². The van der Waals surface area contributed by atoms with Crippen LogP contribution in [-0.4, -0.2) is 29.6 Å². The summed E-state index contributed by atoms with van der Waals surface area (Å²) >= 11 is 0. The minimum absolute atomic E-state index is 0.0627. The minimum Gasteiger partial charge on any atom is -0.326 e. The molecule has 1 amide bonds. The van der Waals surface area contributed by atoms with Crippen molar-refractivity contribution in [1.82, 2.24) is 10.2 Å². The Morgan fingerprint density at radius 3 is 2.47 bits per heavy atom. The van der Waals surface area contributed by atoms with E-state index in [1.54, 1.807) is 0 Å². The summed E-state index contributed by atoms with van der Waals surface area (Å²) in [7, 11) is 0. The third kappa shape index (κ3) is 4.79. The Morgan fingerprint density at radius 1 is 1.26 bits per heavy atom. The molecule has 0 aromatic heterocycles. The van der Waals surface area contributed by atoms with E-state index in [2.05, 4.69) is 44.8 Å². The number of unbranched alkanes of at least 4 members (excludes halogenated alkanes) is 1. The standard InChI is InChI=1S/C16H32N2O/c1-6-8-9-14-16(19)18(11-13(5)7-2)15(17-14)10-12(3)4/h12-15,17H,6-11H2,1-5H3. The highest BCUT2D eigenvalue weighted by molar-refractivity contribution is 5.84. The summed E-state index contributed by atoms with van der Waals surface area (Å²) in [6, 6.07) is 0.0627. The molecule has 112 valence electrons. The smallest absolute Gasteiger partial charge is 0.241 e. The van der Waals surface area contributed by atoms with Crippen molar-refractivity contribution in [3.8, 4) is 0 Å². The lowest BCUT2D eigenvalue weighted by Gasteiger charge is -2.27. The molecule has 0 radical (unpaired) electrons. The SMILES string of the molecule is CCCCC1NC(CC(C)C)N(CC(C)CC)C1=O. The van der Waals surface area contributed by atoms with Crippen molar-refractivity contribution in [3.05, 3.63) is 0 Å². The summed E-state index contributed by atoms with van der Waals surface area (Å²) in [4.78, 5) is 14.6. The lowest BCUT2D eigenvalue weighted by atomic mass is 10.1. The molecule has 0 aromatic rings. The highest BCUT2D eigenvalue weighted by atomic mass is 16.2. The number of carbonyl (C=O) groups is 1. The molecule has 1 aliphatic rings. The molecule has 3 atom stereocenters. The molecule has 0 aromatic carbocycles. The lowest BCUT2D eigenvalue weighted by molar-refractivity contribution is -0.130. The summed E-state index contributed by atoms with van der Waals surface area (Å²) in [6.07, 6.45) is 5.73. The Morgan fingerprint density at radius 2 is 1.95 bits per heavy atom. The van der Waals surface area contributed by atoms with Crippen LogP contribution in [0, 0.1) is 11.8 Å². The van der Waals surface area contributed by atoms with E-state index in [1.807, 2.05) is 0 Å². The number of amides is 1. The van der Waals surface area contributed by atoms with Crippen LogP contribution in [-0.2, 0) is 4.79 Å². The Balaban J connectivity index is 2.67. The number of hydrogen-bond donors (Lipinski definition) is 1. The zero-order chi connectivity index (χ0) is 14.4. The molecular weight excluding hydrogens is 236 g/mol. The van der Waals surface area contributed by atoms with Crippen LogP contribution in [0.4, 0.5) is 0 Å². The first-order valence-corrected chi connectivity index (χ1v) is 8.06. The van der Waals surface area contributed by atoms with Gasteiger partial charge in [-0.05, 0) is 24.7 Å². The minimum atomic E-state index is 0.0627. The van der Waals surface area contributed by atoms with E-state index in [4.69, 9.17) is 0 Å². The molecule has 1 N–H and O–H groups in total. The molecule has 19 heavy (non-hydrogen) atoms. The van der Waals surface area contributed by atoms with Crippen LogP contribution >= 0.6 is 0 Å². The highest BCUT2D eigenvalue weighted by Crippen LogP contribution is 2.22. The maximum absolute atomic E-state index is 12.5. The highest BCUT2D eigenvalue weighted by Gasteiger charge is 2.38. The largest absolute Gasteiger partial charge is 0.326 e. The van der Waals surface area contributed by atoms with Gasteiger partial charge in [0.15, 0.2) is 0 Å². The number of nitrogens with zero attached hydrogens (tertiary/aromatic N) is 1. The molecule has 1 heterocycles. The van der Waals surface area contributed by atoms with Gasteiger partial charge in [0.25, 0.3) is 0 Å². The van der Waals surface area contributed by atoms with Crippen LogP contribution in [0.25, 0.3) is 0 Å². The van der Waals surface area contributed by atoms with Crippen molar-refractivity contribution in [3.63, 3.8) is 0 Å². The Labute approximate surface area is 119 Å². The zero-order valence-electron chi connectivity index (χ0n) is 13.4. The van der Waals surface area contributed by atoms with Crippen molar-refractivity contribution in [2.75, 3.05) is 6.54 Å². The number of nitrogens with one attached hydrogen (secondary N) is 1. The molecule has 0 bridgehead atoms. The van der Waals surface area contributed by atoms with Gasteiger partial charge in [-0.1, -0.05) is 53.9 Å². The van der Waals surface area contributed by atoms with E-state index in [9.17, 15) is 4.79 Å². The molecule has 1 saturated heterocycles. The normalized spacial score (nSPS) is 25.4. The summed E-state index contributed by atoms with van der Waals surface area (Å²) in [6.45, 7) is 12.0. The predicted molar refractivity (Wildman–Crippen MR) is 80.9 cm³/mol. The van der Waals surface area contributed by atoms with Gasteiger partial charge >= 0.3 is 0 Å². The fourth-order valence-electron chi connectivity index (χ4n) is 2.69. The molecule has 1 fully saturated rings. The molecule has 3 nitrogen and oxygen atoms in total. The van der Waals surface area contributed by atoms with Crippen molar-refractivity contribution >= 4 is 5.91 Å². The first kappa shape index (κ1) is 16.5. The zero-order valence-corrected chi connectivity index (χ0v) is 13.4. The van der Waals surface area contributed by atoms with Gasteiger partial charge in [0.2, 0.25) is 5.91 Å². The molecule has 3 heteroatoms. The fraction of sp³-hybridized carbons (Fsp3) is 0.938. The first-order chi connectivity index (χ1) is 8.99. The number of carbonyl (C=O) groups excluding carboxylic acids is 1. The Hall–Kier alpha value is -0.570. The van der Waals surface area contributed by atoms with Crippen molar-refractivity contribution in [1.29, 1.82) is 0 Å². The summed E-state index contributed by atoms with van der Waals surface area (Å²) < 4.78 is 0. The maximum atomic E-state index is 12.5. The monoisotopic (exact) mass is 268 g/mol. The van der Waals surface area contributed by atoms with Gasteiger partial charge in [-0.3, -0.25) is 10.1 Å². The molecule has 1 rings (SSSR count). The second-order valence-corrected chi connectivity index (χ2v) is 6.51. The van der Waals surface area contributed by atoms with Crippen molar-refractivity contribution in [2.45, 2.75) is 78.9 Å². The lowest BCUT2D eigenvalue weighted by Crippen LogP contribution is -2.40. The van der Waals surface area contributed by atoms with Gasteiger partial charge < -0.3 is 4.90 Å². The van der Waals surface area contributed by atoms with Crippen molar-refractivity contribution < 1.29 is 4.79 Å². The van der Waals surface area contributed by atoms with E-state index in [0.717, 1.165) is 38.6 Å². The molecular formula is C16H32N2O. The average molecular weight is 268 g/mol. The summed E-state index contributed by atoms with van der Waals surface area (Å²) in [5, 5.41) is 3.56. The maximum Gasteiger partial charge on any atom is 0.241 e. The number of rotatable bonds is 8. The van der Waals surface area contributed by atoms with E-state index in [1.165, 1.54) is 0 Å². The quantitative estimate of drug-likeness (QED) is 0.732. The molecule has 1 aliphatic heterocycles. The molecule has 0 aliphatic carbocycles. The third-order valence-electron chi connectivity index (χ3n) is 4.10. The molecule has 0 saturated carbocycles. The van der Waals surface area contributed by atoms with E-state index in [-0.39, 0.29) is 12.2 Å². The number of hydrogen-bond acceptors (Lipinski definition) is 2. The predicted octanol–water partition coefficient (Wildman–Crippen LogP) is 3.40. The van der Waals surface area contributed by atoms with Crippen LogP contribution in [0.3, 0.4) is 0 Å². The van der Waals surface area contributed by atoms with Crippen LogP contribution in [0.2, 0.25) is 0 Å². The van der Waals surface area contributed by atoms with Crippen LogP contribution in [0.5, 0.6) is 0 Å². The van der Waals surface area contributed by atoms with Gasteiger partial charge in [-0.2, -0.15) is 0 Å². The van der Waals surface area contributed by atoms with E-state index >= 15 is 0 Å². The summed E-state index contributed by atoms with van der Waals surface area (Å²) in [5.74, 6) is 1.54. The topological polar surface area (TPSA) is 32.3 Å². The van der Waals surface area contributed by atoms with Gasteiger partial charge in [-0.15, -0.1) is 0 Å². The van der Waals surface area contributed by atoms with Crippen LogP contribution in [0.15, 0.2) is 0 Å². The second kappa shape index (κ2) is 7.88. The van der Waals surface area contributed by atoms with Gasteiger partial charge in [-0.25, -0.2) is 0 Å². The van der Waals surface area contributed by atoms with Crippen LogP contribution in [0.1, 0.15) is 66.7 Å². The fourth-order valence-corrected chi connectivity index (χ4v) is 2.69. The van der Waals surface area contributed by atoms with Crippen molar-refractivity contribution in [2.24, 2.45) is 11.8 Å². The van der Waals surface area contributed by atoms with E-state index < -0.39 is 0 Å². The Bertz CT molecular complexity index is 278. The Kier molecular flexibility index (Phi) is 6.84. The first-order valence-electron chi connectivity index (χ1n) is 8.06. The van der Waals surface area contributed by atoms with Gasteiger partial charge in [0, 0.05) is 6.54 Å². The van der Waals surface area contributed by atoms with E-state index in [0.29, 0.717) is 17.7 Å². The second-order valence-electron chi connectivity index (χ2n) is 6.51. The third-order valence-corrected chi connectivity index (χ3v) is 4.10. The summed E-state index contributed by atoms with van der Waals surface area (Å²) in [5.41, 5.74) is 0. The molecule has 0 spiro atoms. The van der Waals surface area contributed by atoms with Crippen LogP contribution < -0.4 is 5.32 Å². The average Bonchev–Trinajstić information content (AvgIpc) is 2.64. The molecule has 3 unspecified atom stereocenters. The van der Waals surface area contributed by atoms with Gasteiger partial charge in [0.05, 0.1) is 12.2 Å².